The molecule has 110 valence electrons. The van der Waals surface area contributed by atoms with E-state index >= 15 is 0 Å². The van der Waals surface area contributed by atoms with Crippen molar-refractivity contribution < 1.29 is 4.79 Å². The maximum absolute atomic E-state index is 13.0. The third-order valence-corrected chi connectivity index (χ3v) is 5.44. The molecule has 3 nitrogen and oxygen atoms in total. The van der Waals surface area contributed by atoms with Crippen LogP contribution >= 0.6 is 27.7 Å². The number of halogens is 1. The first-order valence-electron chi connectivity index (χ1n) is 7.11. The molecule has 0 N–H and O–H groups in total. The number of hydrogen-bond acceptors (Lipinski definition) is 3. The van der Waals surface area contributed by atoms with Crippen LogP contribution in [0.3, 0.4) is 0 Å². The van der Waals surface area contributed by atoms with Crippen molar-refractivity contribution in [1.82, 2.24) is 9.55 Å². The van der Waals surface area contributed by atoms with Crippen molar-refractivity contribution in [1.29, 1.82) is 0 Å². The Hall–Kier alpha value is -1.59. The molecule has 0 amide bonds. The monoisotopic (exact) mass is 372 g/mol. The van der Waals surface area contributed by atoms with Crippen LogP contribution in [0.2, 0.25) is 0 Å². The number of aromatic nitrogens is 2. The molecule has 0 bridgehead atoms. The normalized spacial score (nSPS) is 14.0. The number of benzene rings is 1. The summed E-state index contributed by atoms with van der Waals surface area (Å²) < 4.78 is 2.90. The Bertz CT molecular complexity index is 873. The van der Waals surface area contributed by atoms with Gasteiger partial charge in [0.25, 0.3) is 5.91 Å². The topological polar surface area (TPSA) is 34.9 Å². The van der Waals surface area contributed by atoms with Gasteiger partial charge >= 0.3 is 0 Å². The van der Waals surface area contributed by atoms with Crippen LogP contribution in [0.1, 0.15) is 21.7 Å². The second-order valence-corrected chi connectivity index (χ2v) is 7.27. The molecule has 5 heteroatoms. The zero-order valence-electron chi connectivity index (χ0n) is 11.8. The summed E-state index contributed by atoms with van der Waals surface area (Å²) >= 11 is 5.46. The summed E-state index contributed by atoms with van der Waals surface area (Å²) in [5.74, 6) is 1.98. The molecule has 0 unspecified atom stereocenters. The predicted molar refractivity (Wildman–Crippen MR) is 93.5 cm³/mol. The molecule has 3 heterocycles. The second-order valence-electron chi connectivity index (χ2n) is 5.24. The van der Waals surface area contributed by atoms with Crippen LogP contribution in [0.4, 0.5) is 0 Å². The molecule has 0 spiro atoms. The molecule has 1 aliphatic rings. The molecule has 0 fully saturated rings. The molecular weight excluding hydrogens is 360 g/mol. The summed E-state index contributed by atoms with van der Waals surface area (Å²) in [6, 6.07) is 11.6. The lowest BCUT2D eigenvalue weighted by atomic mass is 10.1. The summed E-state index contributed by atoms with van der Waals surface area (Å²) in [7, 11) is 0. The number of hydrogen-bond donors (Lipinski definition) is 0. The minimum absolute atomic E-state index is 0.0407. The van der Waals surface area contributed by atoms with E-state index in [4.69, 9.17) is 0 Å². The average Bonchev–Trinajstić information content (AvgIpc) is 2.89. The fraction of sp³-hybridized carbons (Fsp3) is 0.176. The van der Waals surface area contributed by atoms with Crippen LogP contribution in [-0.4, -0.2) is 21.2 Å². The lowest BCUT2D eigenvalue weighted by molar-refractivity contribution is 0.0957. The van der Waals surface area contributed by atoms with Crippen molar-refractivity contribution >= 4 is 44.5 Å². The number of pyridine rings is 1. The third-order valence-electron chi connectivity index (χ3n) is 3.96. The van der Waals surface area contributed by atoms with Gasteiger partial charge in [0.15, 0.2) is 0 Å². The van der Waals surface area contributed by atoms with Gasteiger partial charge in [-0.2, -0.15) is 11.8 Å². The molecule has 1 aliphatic heterocycles. The lowest BCUT2D eigenvalue weighted by Crippen LogP contribution is -2.18. The molecule has 0 radical (unpaired) electrons. The Balaban J connectivity index is 1.99. The highest BCUT2D eigenvalue weighted by Gasteiger charge is 2.24. The largest absolute Gasteiger partial charge is 0.281 e. The Morgan fingerprint density at radius 1 is 1.27 bits per heavy atom. The summed E-state index contributed by atoms with van der Waals surface area (Å²) in [5.41, 5.74) is 3.90. The van der Waals surface area contributed by atoms with Crippen LogP contribution in [-0.2, 0) is 12.2 Å². The number of carbonyl (C=O) groups excluding carboxylic acids is 1. The lowest BCUT2D eigenvalue weighted by Gasteiger charge is -2.14. The van der Waals surface area contributed by atoms with E-state index in [1.165, 1.54) is 10.9 Å². The maximum Gasteiger partial charge on any atom is 0.281 e. The zero-order valence-corrected chi connectivity index (χ0v) is 14.2. The molecule has 4 rings (SSSR count). The van der Waals surface area contributed by atoms with Crippen molar-refractivity contribution in [2.75, 3.05) is 5.75 Å². The van der Waals surface area contributed by atoms with Gasteiger partial charge in [-0.15, -0.1) is 0 Å². The van der Waals surface area contributed by atoms with Gasteiger partial charge in [-0.25, -0.2) is 0 Å². The van der Waals surface area contributed by atoms with Crippen molar-refractivity contribution in [3.8, 4) is 0 Å². The number of carbonyl (C=O) groups is 1. The Morgan fingerprint density at radius 3 is 3.00 bits per heavy atom. The van der Waals surface area contributed by atoms with Gasteiger partial charge in [-0.3, -0.25) is 14.3 Å². The molecule has 22 heavy (non-hydrogen) atoms. The fourth-order valence-electron chi connectivity index (χ4n) is 2.98. The Labute approximate surface area is 140 Å². The van der Waals surface area contributed by atoms with Crippen molar-refractivity contribution in [3.05, 3.63) is 64.0 Å². The van der Waals surface area contributed by atoms with Crippen LogP contribution < -0.4 is 0 Å². The van der Waals surface area contributed by atoms with Crippen molar-refractivity contribution in [2.24, 2.45) is 0 Å². The number of thioether (sulfide) groups is 1. The van der Waals surface area contributed by atoms with Gasteiger partial charge in [0, 0.05) is 27.5 Å². The maximum atomic E-state index is 13.0. The first-order chi connectivity index (χ1) is 10.8. The van der Waals surface area contributed by atoms with E-state index < -0.39 is 0 Å². The molecule has 0 aliphatic carbocycles. The summed E-state index contributed by atoms with van der Waals surface area (Å²) in [5, 5.41) is 1.17. The highest BCUT2D eigenvalue weighted by molar-refractivity contribution is 9.10. The number of rotatable bonds is 1. The van der Waals surface area contributed by atoms with Crippen LogP contribution in [0, 0.1) is 0 Å². The highest BCUT2D eigenvalue weighted by atomic mass is 79.9. The minimum Gasteiger partial charge on any atom is -0.278 e. The van der Waals surface area contributed by atoms with E-state index in [0.717, 1.165) is 33.6 Å². The fourth-order valence-corrected chi connectivity index (χ4v) is 4.35. The Kier molecular flexibility index (Phi) is 3.54. The van der Waals surface area contributed by atoms with Crippen LogP contribution in [0.25, 0.3) is 10.9 Å². The van der Waals surface area contributed by atoms with E-state index in [0.29, 0.717) is 5.69 Å². The SMILES string of the molecule is O=C(c1ccccn1)n1c2c(c3cc(Br)ccc31)CSCC2. The van der Waals surface area contributed by atoms with Crippen molar-refractivity contribution in [2.45, 2.75) is 12.2 Å². The zero-order chi connectivity index (χ0) is 15.1. The van der Waals surface area contributed by atoms with Gasteiger partial charge in [-0.1, -0.05) is 22.0 Å². The van der Waals surface area contributed by atoms with Gasteiger partial charge in [-0.05, 0) is 48.1 Å². The third kappa shape index (κ3) is 2.20. The molecule has 3 aromatic rings. The molecule has 2 aromatic heterocycles. The van der Waals surface area contributed by atoms with E-state index in [2.05, 4.69) is 27.0 Å². The average molecular weight is 373 g/mol. The molecule has 0 saturated carbocycles. The highest BCUT2D eigenvalue weighted by Crippen LogP contribution is 2.35. The number of nitrogens with zero attached hydrogens (tertiary/aromatic N) is 2. The first-order valence-corrected chi connectivity index (χ1v) is 9.05. The van der Waals surface area contributed by atoms with Gasteiger partial charge in [0.2, 0.25) is 0 Å². The van der Waals surface area contributed by atoms with Crippen LogP contribution in [0.5, 0.6) is 0 Å². The van der Waals surface area contributed by atoms with Crippen molar-refractivity contribution in [3.63, 3.8) is 0 Å². The molecule has 1 aromatic carbocycles. The predicted octanol–water partition coefficient (Wildman–Crippen LogP) is 4.28. The molecule has 0 atom stereocenters. The van der Waals surface area contributed by atoms with Gasteiger partial charge in [0.05, 0.1) is 5.52 Å². The first kappa shape index (κ1) is 14.0. The van der Waals surface area contributed by atoms with E-state index in [-0.39, 0.29) is 5.91 Å². The molecular formula is C17H13BrN2OS. The molecule has 0 saturated heterocycles. The standard InChI is InChI=1S/C17H13BrN2OS/c18-11-4-5-15-12(9-11)13-10-22-8-6-16(13)20(15)17(21)14-3-1-2-7-19-14/h1-5,7,9H,6,8,10H2. The van der Waals surface area contributed by atoms with E-state index in [1.807, 2.05) is 40.6 Å². The quantitative estimate of drug-likeness (QED) is 0.639. The van der Waals surface area contributed by atoms with Gasteiger partial charge < -0.3 is 0 Å². The number of fused-ring (bicyclic) bond motifs is 3. The van der Waals surface area contributed by atoms with Crippen LogP contribution in [0.15, 0.2) is 47.1 Å². The minimum atomic E-state index is -0.0407. The van der Waals surface area contributed by atoms with E-state index in [1.54, 1.807) is 12.3 Å². The smallest absolute Gasteiger partial charge is 0.278 e. The summed E-state index contributed by atoms with van der Waals surface area (Å²) in [4.78, 5) is 17.2. The van der Waals surface area contributed by atoms with E-state index in [9.17, 15) is 4.79 Å². The summed E-state index contributed by atoms with van der Waals surface area (Å²) in [6.45, 7) is 0. The Morgan fingerprint density at radius 2 is 2.18 bits per heavy atom. The summed E-state index contributed by atoms with van der Waals surface area (Å²) in [6.07, 6.45) is 2.59. The second kappa shape index (κ2) is 5.56. The van der Waals surface area contributed by atoms with Gasteiger partial charge in [0.1, 0.15) is 5.69 Å².